The van der Waals surface area contributed by atoms with Crippen molar-refractivity contribution < 1.29 is 14.7 Å². The molecule has 1 amide bonds. The molecule has 114 valence electrons. The Morgan fingerprint density at radius 1 is 1.29 bits per heavy atom. The second-order valence-electron chi connectivity index (χ2n) is 5.49. The molecule has 0 bridgehead atoms. The van der Waals surface area contributed by atoms with Crippen LogP contribution in [-0.2, 0) is 4.79 Å². The molecule has 1 aromatic carbocycles. The first-order chi connectivity index (χ1) is 10.1. The number of aromatic carboxylic acids is 1. The molecule has 0 aromatic heterocycles. The number of rotatable bonds is 5. The Labute approximate surface area is 125 Å². The minimum Gasteiger partial charge on any atom is -0.478 e. The van der Waals surface area contributed by atoms with Crippen molar-refractivity contribution in [2.75, 3.05) is 18.5 Å². The Bertz CT molecular complexity index is 493. The first-order valence-electron chi connectivity index (χ1n) is 7.41. The van der Waals surface area contributed by atoms with Crippen molar-refractivity contribution >= 4 is 17.6 Å². The minimum atomic E-state index is -0.959. The molecule has 1 fully saturated rings. The first-order valence-corrected chi connectivity index (χ1v) is 7.41. The van der Waals surface area contributed by atoms with Crippen LogP contribution in [0.1, 0.15) is 42.5 Å². The Morgan fingerprint density at radius 3 is 2.57 bits per heavy atom. The molecule has 1 unspecified atom stereocenters. The lowest BCUT2D eigenvalue weighted by Crippen LogP contribution is -2.35. The van der Waals surface area contributed by atoms with E-state index in [-0.39, 0.29) is 11.5 Å². The van der Waals surface area contributed by atoms with E-state index in [1.807, 2.05) is 0 Å². The zero-order valence-corrected chi connectivity index (χ0v) is 12.3. The molecular weight excluding hydrogens is 268 g/mol. The summed E-state index contributed by atoms with van der Waals surface area (Å²) in [6, 6.07) is 6.82. The van der Waals surface area contributed by atoms with Crippen molar-refractivity contribution in [3.05, 3.63) is 29.8 Å². The van der Waals surface area contributed by atoms with Crippen molar-refractivity contribution in [3.63, 3.8) is 0 Å². The van der Waals surface area contributed by atoms with Crippen LogP contribution in [0.5, 0.6) is 0 Å². The van der Waals surface area contributed by atoms with E-state index in [0.717, 1.165) is 25.1 Å². The molecule has 5 nitrogen and oxygen atoms in total. The highest BCUT2D eigenvalue weighted by Gasteiger charge is 2.16. The van der Waals surface area contributed by atoms with Crippen LogP contribution in [0.25, 0.3) is 0 Å². The summed E-state index contributed by atoms with van der Waals surface area (Å²) in [6.45, 7) is 1.05. The van der Waals surface area contributed by atoms with Crippen molar-refractivity contribution in [2.45, 2.75) is 38.1 Å². The monoisotopic (exact) mass is 290 g/mol. The smallest absolute Gasteiger partial charge is 0.335 e. The summed E-state index contributed by atoms with van der Waals surface area (Å²) in [4.78, 5) is 24.6. The quantitative estimate of drug-likeness (QED) is 0.873. The molecule has 1 heterocycles. The van der Waals surface area contributed by atoms with Crippen LogP contribution in [0.15, 0.2) is 24.3 Å². The number of amides is 1. The fourth-order valence-corrected chi connectivity index (χ4v) is 2.61. The average molecular weight is 290 g/mol. The number of nitrogens with one attached hydrogen (secondary N) is 1. The van der Waals surface area contributed by atoms with Gasteiger partial charge in [-0.05, 0) is 50.1 Å². The molecule has 1 aliphatic rings. The van der Waals surface area contributed by atoms with Gasteiger partial charge in [-0.1, -0.05) is 6.42 Å². The Morgan fingerprint density at radius 2 is 2.00 bits per heavy atom. The predicted molar refractivity (Wildman–Crippen MR) is 81.7 cm³/mol. The highest BCUT2D eigenvalue weighted by molar-refractivity contribution is 5.94. The Balaban J connectivity index is 1.87. The summed E-state index contributed by atoms with van der Waals surface area (Å²) in [5, 5.41) is 12.3. The number of piperidine rings is 1. The van der Waals surface area contributed by atoms with E-state index in [2.05, 4.69) is 5.32 Å². The van der Waals surface area contributed by atoms with Crippen LogP contribution in [-0.4, -0.2) is 36.6 Å². The molecule has 5 heteroatoms. The van der Waals surface area contributed by atoms with Crippen LogP contribution in [0, 0.1) is 0 Å². The summed E-state index contributed by atoms with van der Waals surface area (Å²) in [5.74, 6) is -0.899. The summed E-state index contributed by atoms with van der Waals surface area (Å²) >= 11 is 0. The van der Waals surface area contributed by atoms with E-state index in [4.69, 9.17) is 5.11 Å². The van der Waals surface area contributed by atoms with E-state index in [1.54, 1.807) is 24.1 Å². The van der Waals surface area contributed by atoms with Crippen LogP contribution >= 0.6 is 0 Å². The second kappa shape index (κ2) is 7.22. The van der Waals surface area contributed by atoms with Crippen molar-refractivity contribution in [3.8, 4) is 0 Å². The number of hydrogen-bond acceptors (Lipinski definition) is 3. The van der Waals surface area contributed by atoms with Crippen molar-refractivity contribution in [2.24, 2.45) is 0 Å². The van der Waals surface area contributed by atoms with Gasteiger partial charge >= 0.3 is 5.97 Å². The van der Waals surface area contributed by atoms with Gasteiger partial charge in [0.15, 0.2) is 0 Å². The van der Waals surface area contributed by atoms with Crippen LogP contribution in [0.4, 0.5) is 5.69 Å². The number of anilines is 1. The normalized spacial score (nSPS) is 18.2. The fourth-order valence-electron chi connectivity index (χ4n) is 2.61. The molecule has 0 radical (unpaired) electrons. The van der Waals surface area contributed by atoms with Gasteiger partial charge in [0.05, 0.1) is 5.56 Å². The molecule has 2 N–H and O–H groups in total. The van der Waals surface area contributed by atoms with Gasteiger partial charge in [0, 0.05) is 25.2 Å². The van der Waals surface area contributed by atoms with Crippen LogP contribution in [0.3, 0.4) is 0 Å². The van der Waals surface area contributed by atoms with Gasteiger partial charge < -0.3 is 15.3 Å². The molecular formula is C16H22N2O3. The number of carbonyl (C=O) groups is 2. The van der Waals surface area contributed by atoms with Gasteiger partial charge in [-0.25, -0.2) is 4.79 Å². The SMILES string of the molecule is CN(C(=O)CCC1CCCCN1)c1ccc(C(=O)O)cc1. The molecule has 1 atom stereocenters. The summed E-state index contributed by atoms with van der Waals surface area (Å²) in [6.07, 6.45) is 4.97. The third-order valence-corrected chi connectivity index (χ3v) is 3.99. The summed E-state index contributed by atoms with van der Waals surface area (Å²) < 4.78 is 0. The minimum absolute atomic E-state index is 0.0606. The number of hydrogen-bond donors (Lipinski definition) is 2. The standard InChI is InChI=1S/C16H22N2O3/c1-18(14-8-5-12(6-9-14)16(20)21)15(19)10-7-13-4-2-3-11-17-13/h5-6,8-9,13,17H,2-4,7,10-11H2,1H3,(H,20,21). The molecule has 1 aromatic rings. The van der Waals surface area contributed by atoms with Crippen LogP contribution < -0.4 is 10.2 Å². The maximum absolute atomic E-state index is 12.2. The summed E-state index contributed by atoms with van der Waals surface area (Å²) in [5.41, 5.74) is 0.951. The molecule has 0 aliphatic carbocycles. The fraction of sp³-hybridized carbons (Fsp3) is 0.500. The highest BCUT2D eigenvalue weighted by atomic mass is 16.4. The van der Waals surface area contributed by atoms with E-state index < -0.39 is 5.97 Å². The van der Waals surface area contributed by atoms with Gasteiger partial charge in [-0.15, -0.1) is 0 Å². The third kappa shape index (κ3) is 4.29. The first kappa shape index (κ1) is 15.5. The number of nitrogens with zero attached hydrogens (tertiary/aromatic N) is 1. The second-order valence-corrected chi connectivity index (χ2v) is 5.49. The lowest BCUT2D eigenvalue weighted by molar-refractivity contribution is -0.118. The van der Waals surface area contributed by atoms with Crippen molar-refractivity contribution in [1.29, 1.82) is 0 Å². The topological polar surface area (TPSA) is 69.6 Å². The number of carbonyl (C=O) groups excluding carboxylic acids is 1. The van der Waals surface area contributed by atoms with Gasteiger partial charge in [0.25, 0.3) is 0 Å². The van der Waals surface area contributed by atoms with E-state index in [1.165, 1.54) is 25.0 Å². The Hall–Kier alpha value is -1.88. The molecule has 21 heavy (non-hydrogen) atoms. The van der Waals surface area contributed by atoms with Crippen molar-refractivity contribution in [1.82, 2.24) is 5.32 Å². The molecule has 2 rings (SSSR count). The predicted octanol–water partition coefficient (Wildman–Crippen LogP) is 2.27. The zero-order chi connectivity index (χ0) is 15.2. The van der Waals surface area contributed by atoms with Crippen LogP contribution in [0.2, 0.25) is 0 Å². The summed E-state index contributed by atoms with van der Waals surface area (Å²) in [7, 11) is 1.73. The zero-order valence-electron chi connectivity index (χ0n) is 12.3. The lowest BCUT2D eigenvalue weighted by atomic mass is 10.0. The van der Waals surface area contributed by atoms with E-state index in [0.29, 0.717) is 12.5 Å². The third-order valence-electron chi connectivity index (χ3n) is 3.99. The van der Waals surface area contributed by atoms with E-state index >= 15 is 0 Å². The molecule has 1 aliphatic heterocycles. The average Bonchev–Trinajstić information content (AvgIpc) is 2.53. The van der Waals surface area contributed by atoms with Gasteiger partial charge in [0.1, 0.15) is 0 Å². The van der Waals surface area contributed by atoms with E-state index in [9.17, 15) is 9.59 Å². The number of benzene rings is 1. The highest BCUT2D eigenvalue weighted by Crippen LogP contribution is 2.17. The number of carboxylic acids is 1. The van der Waals surface area contributed by atoms with Gasteiger partial charge in [-0.2, -0.15) is 0 Å². The largest absolute Gasteiger partial charge is 0.478 e. The Kier molecular flexibility index (Phi) is 5.33. The van der Waals surface area contributed by atoms with Gasteiger partial charge in [0.2, 0.25) is 5.91 Å². The number of carboxylic acid groups (broad SMARTS) is 1. The molecule has 0 saturated carbocycles. The lowest BCUT2D eigenvalue weighted by Gasteiger charge is -2.24. The maximum atomic E-state index is 12.2. The van der Waals surface area contributed by atoms with Gasteiger partial charge in [-0.3, -0.25) is 4.79 Å². The molecule has 0 spiro atoms. The molecule has 1 saturated heterocycles. The maximum Gasteiger partial charge on any atom is 0.335 e.